The molecule has 2 aromatic rings. The minimum Gasteiger partial charge on any atom is -0.390 e. The Kier molecular flexibility index (Phi) is 3.33. The molecule has 2 aromatic heterocycles. The predicted octanol–water partition coefficient (Wildman–Crippen LogP) is 0.789. The summed E-state index contributed by atoms with van der Waals surface area (Å²) in [7, 11) is 1.67. The molecule has 0 aromatic carbocycles. The average Bonchev–Trinajstić information content (AvgIpc) is 3.07. The van der Waals surface area contributed by atoms with Crippen molar-refractivity contribution in [2.75, 3.05) is 25.0 Å². The van der Waals surface area contributed by atoms with Gasteiger partial charge in [-0.1, -0.05) is 6.07 Å². The van der Waals surface area contributed by atoms with Gasteiger partial charge in [-0.05, 0) is 25.5 Å². The number of aliphatic hydroxyl groups is 1. The van der Waals surface area contributed by atoms with E-state index in [9.17, 15) is 9.90 Å². The first-order valence-corrected chi connectivity index (χ1v) is 7.13. The quantitative estimate of drug-likeness (QED) is 0.876. The Labute approximate surface area is 123 Å². The van der Waals surface area contributed by atoms with Crippen LogP contribution in [-0.2, 0) is 11.4 Å². The number of carbonyl (C=O) groups excluding carboxylic acids is 1. The molecule has 1 atom stereocenters. The van der Waals surface area contributed by atoms with Gasteiger partial charge in [0.25, 0.3) is 0 Å². The van der Waals surface area contributed by atoms with Crippen LogP contribution < -0.4 is 10.2 Å². The van der Waals surface area contributed by atoms with Crippen molar-refractivity contribution in [3.63, 3.8) is 0 Å². The number of nitrogens with zero attached hydrogens (tertiary/aromatic N) is 3. The molecule has 0 radical (unpaired) electrons. The van der Waals surface area contributed by atoms with Gasteiger partial charge in [0, 0.05) is 26.3 Å². The van der Waals surface area contributed by atoms with Gasteiger partial charge in [-0.15, -0.1) is 0 Å². The normalized spacial score (nSPS) is 22.0. The summed E-state index contributed by atoms with van der Waals surface area (Å²) < 4.78 is 1.89. The van der Waals surface area contributed by atoms with Crippen LogP contribution in [0.15, 0.2) is 24.4 Å². The second-order valence-electron chi connectivity index (χ2n) is 5.78. The van der Waals surface area contributed by atoms with E-state index >= 15 is 0 Å². The zero-order valence-corrected chi connectivity index (χ0v) is 12.3. The number of fused-ring (bicyclic) bond motifs is 1. The molecule has 0 spiro atoms. The highest BCUT2D eigenvalue weighted by molar-refractivity contribution is 5.83. The molecule has 3 heterocycles. The minimum atomic E-state index is -0.405. The largest absolute Gasteiger partial charge is 0.390 e. The number of hydrogen-bond acceptors (Lipinski definition) is 4. The summed E-state index contributed by atoms with van der Waals surface area (Å²) in [6, 6.07) is 5.75. The molecule has 1 saturated heterocycles. The van der Waals surface area contributed by atoms with E-state index in [4.69, 9.17) is 0 Å². The topological polar surface area (TPSA) is 69.9 Å². The Balaban J connectivity index is 1.97. The van der Waals surface area contributed by atoms with Gasteiger partial charge in [0.2, 0.25) is 5.91 Å². The Morgan fingerprint density at radius 3 is 3.05 bits per heavy atom. The molecule has 21 heavy (non-hydrogen) atoms. The molecule has 1 unspecified atom stereocenters. The fourth-order valence-corrected chi connectivity index (χ4v) is 3.06. The molecule has 0 saturated carbocycles. The zero-order valence-electron chi connectivity index (χ0n) is 12.3. The Bertz CT molecular complexity index is 681. The first-order valence-electron chi connectivity index (χ1n) is 7.13. The molecule has 1 fully saturated rings. The predicted molar refractivity (Wildman–Crippen MR) is 80.1 cm³/mol. The Hall–Kier alpha value is -2.08. The number of nitrogens with one attached hydrogen (secondary N) is 1. The molecule has 0 aliphatic carbocycles. The van der Waals surface area contributed by atoms with Crippen molar-refractivity contribution in [2.45, 2.75) is 20.0 Å². The summed E-state index contributed by atoms with van der Waals surface area (Å²) in [4.78, 5) is 18.7. The van der Waals surface area contributed by atoms with Crippen molar-refractivity contribution in [3.8, 4) is 0 Å². The van der Waals surface area contributed by atoms with Gasteiger partial charge in [0.05, 0.1) is 17.7 Å². The summed E-state index contributed by atoms with van der Waals surface area (Å²) in [5.41, 5.74) is 1.17. The first-order chi connectivity index (χ1) is 10.1. The van der Waals surface area contributed by atoms with Crippen LogP contribution in [0.4, 0.5) is 5.82 Å². The van der Waals surface area contributed by atoms with Crippen LogP contribution in [0, 0.1) is 5.41 Å². The number of imidazole rings is 1. The number of aromatic nitrogens is 2. The molecule has 0 bridgehead atoms. The van der Waals surface area contributed by atoms with E-state index in [1.807, 2.05) is 35.7 Å². The van der Waals surface area contributed by atoms with E-state index in [2.05, 4.69) is 15.2 Å². The van der Waals surface area contributed by atoms with Gasteiger partial charge >= 0.3 is 0 Å². The monoisotopic (exact) mass is 288 g/mol. The van der Waals surface area contributed by atoms with Gasteiger partial charge in [0.15, 0.2) is 5.82 Å². The van der Waals surface area contributed by atoms with E-state index in [1.54, 1.807) is 7.05 Å². The van der Waals surface area contributed by atoms with E-state index < -0.39 is 5.41 Å². The molecule has 6 nitrogen and oxygen atoms in total. The average molecular weight is 288 g/mol. The van der Waals surface area contributed by atoms with Crippen LogP contribution in [-0.4, -0.2) is 40.5 Å². The highest BCUT2D eigenvalue weighted by atomic mass is 16.3. The number of anilines is 1. The van der Waals surface area contributed by atoms with Gasteiger partial charge < -0.3 is 15.3 Å². The lowest BCUT2D eigenvalue weighted by molar-refractivity contribution is -0.128. The second kappa shape index (κ2) is 5.04. The first kappa shape index (κ1) is 13.9. The molecule has 3 rings (SSSR count). The molecular formula is C15H20N4O2. The van der Waals surface area contributed by atoms with Crippen molar-refractivity contribution in [2.24, 2.45) is 5.41 Å². The van der Waals surface area contributed by atoms with Crippen molar-refractivity contribution < 1.29 is 9.90 Å². The van der Waals surface area contributed by atoms with Crippen molar-refractivity contribution in [1.82, 2.24) is 14.7 Å². The van der Waals surface area contributed by atoms with Crippen LogP contribution >= 0.6 is 0 Å². The molecule has 1 aliphatic rings. The SMILES string of the molecule is CNC(=O)C1(C)CCN(c2nc3ccccn3c2CO)C1. The lowest BCUT2D eigenvalue weighted by atomic mass is 9.89. The van der Waals surface area contributed by atoms with Crippen LogP contribution in [0.2, 0.25) is 0 Å². The fourth-order valence-electron chi connectivity index (χ4n) is 3.06. The van der Waals surface area contributed by atoms with E-state index in [1.165, 1.54) is 0 Å². The summed E-state index contributed by atoms with van der Waals surface area (Å²) in [6.45, 7) is 3.28. The molecule has 1 aliphatic heterocycles. The Morgan fingerprint density at radius 1 is 1.52 bits per heavy atom. The lowest BCUT2D eigenvalue weighted by Gasteiger charge is -2.23. The van der Waals surface area contributed by atoms with Gasteiger partial charge in [-0.3, -0.25) is 9.20 Å². The van der Waals surface area contributed by atoms with Crippen LogP contribution in [0.3, 0.4) is 0 Å². The summed E-state index contributed by atoms with van der Waals surface area (Å²) in [5.74, 6) is 0.829. The van der Waals surface area contributed by atoms with E-state index in [-0.39, 0.29) is 12.5 Å². The summed E-state index contributed by atoms with van der Waals surface area (Å²) in [5, 5.41) is 12.4. The number of hydrogen-bond donors (Lipinski definition) is 2. The number of rotatable bonds is 3. The molecular weight excluding hydrogens is 268 g/mol. The standard InChI is InChI=1S/C15H20N4O2/c1-15(14(21)16-2)6-8-18(10-15)13-11(9-20)19-7-4-3-5-12(19)17-13/h3-5,7,20H,6,8-10H2,1-2H3,(H,16,21). The summed E-state index contributed by atoms with van der Waals surface area (Å²) in [6.07, 6.45) is 2.68. The van der Waals surface area contributed by atoms with Gasteiger partial charge in [0.1, 0.15) is 5.65 Å². The van der Waals surface area contributed by atoms with Crippen LogP contribution in [0.1, 0.15) is 19.0 Å². The highest BCUT2D eigenvalue weighted by Crippen LogP contribution is 2.34. The fraction of sp³-hybridized carbons (Fsp3) is 0.467. The number of pyridine rings is 1. The third-order valence-electron chi connectivity index (χ3n) is 4.31. The second-order valence-corrected chi connectivity index (χ2v) is 5.78. The minimum absolute atomic E-state index is 0.0549. The zero-order chi connectivity index (χ0) is 15.0. The maximum Gasteiger partial charge on any atom is 0.227 e. The number of carbonyl (C=O) groups is 1. The Morgan fingerprint density at radius 2 is 2.33 bits per heavy atom. The van der Waals surface area contributed by atoms with Crippen molar-refractivity contribution >= 4 is 17.4 Å². The molecule has 112 valence electrons. The number of aliphatic hydroxyl groups excluding tert-OH is 1. The van der Waals surface area contributed by atoms with Crippen molar-refractivity contribution in [1.29, 1.82) is 0 Å². The third kappa shape index (κ3) is 2.15. The van der Waals surface area contributed by atoms with E-state index in [0.29, 0.717) is 6.54 Å². The van der Waals surface area contributed by atoms with Crippen LogP contribution in [0.5, 0.6) is 0 Å². The summed E-state index contributed by atoms with van der Waals surface area (Å²) >= 11 is 0. The maximum atomic E-state index is 12.0. The van der Waals surface area contributed by atoms with E-state index in [0.717, 1.165) is 30.1 Å². The molecule has 2 N–H and O–H groups in total. The van der Waals surface area contributed by atoms with Gasteiger partial charge in [-0.2, -0.15) is 0 Å². The van der Waals surface area contributed by atoms with Crippen LogP contribution in [0.25, 0.3) is 5.65 Å². The van der Waals surface area contributed by atoms with Crippen molar-refractivity contribution in [3.05, 3.63) is 30.1 Å². The highest BCUT2D eigenvalue weighted by Gasteiger charge is 2.41. The molecule has 1 amide bonds. The maximum absolute atomic E-state index is 12.0. The lowest BCUT2D eigenvalue weighted by Crippen LogP contribution is -2.39. The third-order valence-corrected chi connectivity index (χ3v) is 4.31. The smallest absolute Gasteiger partial charge is 0.227 e. The van der Waals surface area contributed by atoms with Gasteiger partial charge in [-0.25, -0.2) is 4.98 Å². The number of amides is 1. The molecule has 6 heteroatoms.